The SMILES string of the molecule is C1=C(C2C(c3ccccc3)=Cc3ccccc32)CCC1. The molecule has 98 valence electrons. The number of hydrogen-bond acceptors (Lipinski definition) is 0. The summed E-state index contributed by atoms with van der Waals surface area (Å²) < 4.78 is 0. The zero-order valence-corrected chi connectivity index (χ0v) is 11.5. The predicted octanol–water partition coefficient (Wildman–Crippen LogP) is 5.43. The first-order chi connectivity index (χ1) is 9.93. The summed E-state index contributed by atoms with van der Waals surface area (Å²) in [5, 5.41) is 0. The second-order valence-electron chi connectivity index (χ2n) is 5.70. The molecule has 2 aromatic rings. The zero-order chi connectivity index (χ0) is 13.4. The predicted molar refractivity (Wildman–Crippen MR) is 85.4 cm³/mol. The number of hydrogen-bond donors (Lipinski definition) is 0. The van der Waals surface area contributed by atoms with Gasteiger partial charge in [-0.2, -0.15) is 0 Å². The second kappa shape index (κ2) is 4.79. The molecule has 0 bridgehead atoms. The molecule has 0 spiro atoms. The highest BCUT2D eigenvalue weighted by atomic mass is 14.3. The van der Waals surface area contributed by atoms with Crippen LogP contribution in [-0.2, 0) is 0 Å². The molecule has 0 aliphatic heterocycles. The zero-order valence-electron chi connectivity index (χ0n) is 11.5. The number of allylic oxidation sites excluding steroid dienone is 3. The van der Waals surface area contributed by atoms with Crippen molar-refractivity contribution in [1.82, 2.24) is 0 Å². The van der Waals surface area contributed by atoms with Crippen LogP contribution < -0.4 is 0 Å². The van der Waals surface area contributed by atoms with Gasteiger partial charge in [0, 0.05) is 5.92 Å². The molecule has 0 heteroatoms. The molecule has 2 aliphatic carbocycles. The van der Waals surface area contributed by atoms with E-state index in [0.717, 1.165) is 0 Å². The lowest BCUT2D eigenvalue weighted by atomic mass is 9.85. The quantitative estimate of drug-likeness (QED) is 0.630. The molecule has 20 heavy (non-hydrogen) atoms. The van der Waals surface area contributed by atoms with E-state index in [1.54, 1.807) is 5.57 Å². The highest BCUT2D eigenvalue weighted by Crippen LogP contribution is 2.48. The second-order valence-corrected chi connectivity index (χ2v) is 5.70. The fraction of sp³-hybridized carbons (Fsp3) is 0.200. The third kappa shape index (κ3) is 1.84. The van der Waals surface area contributed by atoms with E-state index in [1.165, 1.54) is 41.5 Å². The van der Waals surface area contributed by atoms with E-state index in [4.69, 9.17) is 0 Å². The van der Waals surface area contributed by atoms with Gasteiger partial charge >= 0.3 is 0 Å². The first kappa shape index (κ1) is 11.7. The van der Waals surface area contributed by atoms with Crippen LogP contribution in [0.4, 0.5) is 0 Å². The topological polar surface area (TPSA) is 0 Å². The summed E-state index contributed by atoms with van der Waals surface area (Å²) in [6, 6.07) is 19.7. The van der Waals surface area contributed by atoms with Gasteiger partial charge in [0.05, 0.1) is 0 Å². The van der Waals surface area contributed by atoms with Crippen molar-refractivity contribution < 1.29 is 0 Å². The maximum atomic E-state index is 2.46. The normalized spacial score (nSPS) is 20.5. The van der Waals surface area contributed by atoms with Gasteiger partial charge in [0.2, 0.25) is 0 Å². The van der Waals surface area contributed by atoms with Gasteiger partial charge in [0.15, 0.2) is 0 Å². The molecule has 0 aromatic heterocycles. The van der Waals surface area contributed by atoms with E-state index in [0.29, 0.717) is 5.92 Å². The van der Waals surface area contributed by atoms with Crippen molar-refractivity contribution in [1.29, 1.82) is 0 Å². The Balaban J connectivity index is 1.86. The van der Waals surface area contributed by atoms with Crippen molar-refractivity contribution in [3.05, 3.63) is 82.9 Å². The smallest absolute Gasteiger partial charge is 0.0311 e. The average molecular weight is 258 g/mol. The van der Waals surface area contributed by atoms with E-state index in [9.17, 15) is 0 Å². The fourth-order valence-corrected chi connectivity index (χ4v) is 3.56. The molecule has 1 unspecified atom stereocenters. The molecule has 2 aromatic carbocycles. The maximum Gasteiger partial charge on any atom is 0.0311 e. The Hall–Kier alpha value is -2.08. The van der Waals surface area contributed by atoms with Crippen LogP contribution in [-0.4, -0.2) is 0 Å². The molecule has 1 atom stereocenters. The first-order valence-electron chi connectivity index (χ1n) is 7.48. The Morgan fingerprint density at radius 3 is 2.45 bits per heavy atom. The highest BCUT2D eigenvalue weighted by Gasteiger charge is 2.29. The maximum absolute atomic E-state index is 2.46. The minimum absolute atomic E-state index is 0.482. The van der Waals surface area contributed by atoms with E-state index >= 15 is 0 Å². The van der Waals surface area contributed by atoms with Gasteiger partial charge in [-0.3, -0.25) is 0 Å². The molecule has 0 nitrogen and oxygen atoms in total. The summed E-state index contributed by atoms with van der Waals surface area (Å²) >= 11 is 0. The molecular weight excluding hydrogens is 240 g/mol. The van der Waals surface area contributed by atoms with Gasteiger partial charge in [0.1, 0.15) is 0 Å². The van der Waals surface area contributed by atoms with Crippen LogP contribution in [0, 0.1) is 0 Å². The number of benzene rings is 2. The molecule has 0 saturated heterocycles. The van der Waals surface area contributed by atoms with Crippen LogP contribution in [0.25, 0.3) is 11.6 Å². The van der Waals surface area contributed by atoms with Crippen molar-refractivity contribution in [2.75, 3.05) is 0 Å². The number of rotatable bonds is 2. The van der Waals surface area contributed by atoms with Gasteiger partial charge in [0.25, 0.3) is 0 Å². The van der Waals surface area contributed by atoms with E-state index in [1.807, 2.05) is 0 Å². The standard InChI is InChI=1S/C20H18/c1-2-8-15(9-3-1)19-14-17-12-6-7-13-18(17)20(19)16-10-4-5-11-16/h1-3,6-10,12-14,20H,4-5,11H2. The van der Waals surface area contributed by atoms with Gasteiger partial charge in [-0.15, -0.1) is 0 Å². The summed E-state index contributed by atoms with van der Waals surface area (Å²) in [7, 11) is 0. The van der Waals surface area contributed by atoms with Gasteiger partial charge < -0.3 is 0 Å². The number of fused-ring (bicyclic) bond motifs is 1. The molecule has 0 heterocycles. The van der Waals surface area contributed by atoms with Crippen LogP contribution >= 0.6 is 0 Å². The minimum Gasteiger partial charge on any atom is -0.0844 e. The van der Waals surface area contributed by atoms with Crippen LogP contribution in [0.2, 0.25) is 0 Å². The third-order valence-corrected chi connectivity index (χ3v) is 4.48. The molecule has 0 amide bonds. The summed E-state index contributed by atoms with van der Waals surface area (Å²) in [4.78, 5) is 0. The van der Waals surface area contributed by atoms with Crippen molar-refractivity contribution in [2.45, 2.75) is 25.2 Å². The van der Waals surface area contributed by atoms with E-state index in [-0.39, 0.29) is 0 Å². The summed E-state index contributed by atoms with van der Waals surface area (Å²) in [5.74, 6) is 0.482. The summed E-state index contributed by atoms with van der Waals surface area (Å²) in [6.45, 7) is 0. The van der Waals surface area contributed by atoms with Crippen LogP contribution in [0.5, 0.6) is 0 Å². The third-order valence-electron chi connectivity index (χ3n) is 4.48. The molecule has 0 radical (unpaired) electrons. The highest BCUT2D eigenvalue weighted by molar-refractivity contribution is 5.93. The monoisotopic (exact) mass is 258 g/mol. The molecule has 2 aliphatic rings. The van der Waals surface area contributed by atoms with Gasteiger partial charge in [-0.25, -0.2) is 0 Å². The van der Waals surface area contributed by atoms with Crippen LogP contribution in [0.1, 0.15) is 41.9 Å². The lowest BCUT2D eigenvalue weighted by Gasteiger charge is -2.19. The minimum atomic E-state index is 0.482. The summed E-state index contributed by atoms with van der Waals surface area (Å²) in [5.41, 5.74) is 7.33. The lowest BCUT2D eigenvalue weighted by molar-refractivity contribution is 0.864. The van der Waals surface area contributed by atoms with Crippen LogP contribution in [0.3, 0.4) is 0 Å². The Bertz CT molecular complexity index is 689. The summed E-state index contributed by atoms with van der Waals surface area (Å²) in [6.07, 6.45) is 8.66. The Labute approximate surface area is 120 Å². The lowest BCUT2D eigenvalue weighted by Crippen LogP contribution is -2.01. The molecule has 4 rings (SSSR count). The average Bonchev–Trinajstić information content (AvgIpc) is 3.14. The Morgan fingerprint density at radius 2 is 1.65 bits per heavy atom. The van der Waals surface area contributed by atoms with Gasteiger partial charge in [-0.1, -0.05) is 66.2 Å². The molecule has 0 saturated carbocycles. The van der Waals surface area contributed by atoms with Crippen molar-refractivity contribution in [3.63, 3.8) is 0 Å². The molecule has 0 fully saturated rings. The largest absolute Gasteiger partial charge is 0.0844 e. The fourth-order valence-electron chi connectivity index (χ4n) is 3.56. The van der Waals surface area contributed by atoms with E-state index in [2.05, 4.69) is 66.7 Å². The molecule has 0 N–H and O–H groups in total. The van der Waals surface area contributed by atoms with Crippen molar-refractivity contribution >= 4 is 11.6 Å². The van der Waals surface area contributed by atoms with Crippen molar-refractivity contribution in [2.24, 2.45) is 0 Å². The first-order valence-corrected chi connectivity index (χ1v) is 7.48. The van der Waals surface area contributed by atoms with Gasteiger partial charge in [-0.05, 0) is 47.6 Å². The Morgan fingerprint density at radius 1 is 0.850 bits per heavy atom. The van der Waals surface area contributed by atoms with E-state index < -0.39 is 0 Å². The Kier molecular flexibility index (Phi) is 2.81. The van der Waals surface area contributed by atoms with Crippen molar-refractivity contribution in [3.8, 4) is 0 Å². The van der Waals surface area contributed by atoms with Crippen LogP contribution in [0.15, 0.2) is 66.2 Å². The molecular formula is C20H18.